The maximum atomic E-state index is 13.3. The summed E-state index contributed by atoms with van der Waals surface area (Å²) in [6.45, 7) is 1.57. The number of benzene rings is 1. The number of methoxy groups -OCH3 is 1. The van der Waals surface area contributed by atoms with E-state index < -0.39 is 23.6 Å². The Bertz CT molecular complexity index is 996. The molecular weight excluding hydrogens is 378 g/mol. The summed E-state index contributed by atoms with van der Waals surface area (Å²) in [6, 6.07) is 7.05. The predicted molar refractivity (Wildman–Crippen MR) is 89.7 cm³/mol. The maximum absolute atomic E-state index is 13.3. The molecule has 0 radical (unpaired) electrons. The van der Waals surface area contributed by atoms with Crippen molar-refractivity contribution in [1.82, 2.24) is 4.98 Å². The molecule has 4 rings (SSSR count). The Hall–Kier alpha value is -3.43. The minimum atomic E-state index is -3.77. The van der Waals surface area contributed by atoms with Crippen molar-refractivity contribution in [2.45, 2.75) is 18.6 Å². The van der Waals surface area contributed by atoms with Crippen LogP contribution in [0.5, 0.6) is 17.2 Å². The zero-order chi connectivity index (χ0) is 20.1. The number of fused-ring (bicyclic) bond motifs is 2. The van der Waals surface area contributed by atoms with E-state index in [9.17, 15) is 18.4 Å². The van der Waals surface area contributed by atoms with Crippen molar-refractivity contribution in [3.8, 4) is 17.2 Å². The van der Waals surface area contributed by atoms with Crippen molar-refractivity contribution < 1.29 is 37.3 Å². The number of esters is 1. The molecule has 146 valence electrons. The number of carbonyl (C=O) groups is 2. The lowest BCUT2D eigenvalue weighted by Crippen LogP contribution is -2.39. The molecule has 0 aliphatic carbocycles. The Morgan fingerprint density at radius 1 is 1.18 bits per heavy atom. The molecule has 1 aromatic heterocycles. The molecule has 28 heavy (non-hydrogen) atoms. The van der Waals surface area contributed by atoms with Crippen LogP contribution in [-0.4, -0.2) is 36.9 Å². The first-order chi connectivity index (χ1) is 13.2. The molecule has 1 atom stereocenters. The van der Waals surface area contributed by atoms with Gasteiger partial charge in [0.1, 0.15) is 23.6 Å². The number of amides is 1. The van der Waals surface area contributed by atoms with E-state index in [0.29, 0.717) is 5.56 Å². The lowest BCUT2D eigenvalue weighted by molar-refractivity contribution is -0.286. The summed E-state index contributed by atoms with van der Waals surface area (Å²) in [4.78, 5) is 28.5. The van der Waals surface area contributed by atoms with Crippen LogP contribution in [0.2, 0.25) is 0 Å². The van der Waals surface area contributed by atoms with Crippen LogP contribution in [0.15, 0.2) is 30.3 Å². The van der Waals surface area contributed by atoms with Crippen LogP contribution in [0.3, 0.4) is 0 Å². The van der Waals surface area contributed by atoms with Crippen LogP contribution in [0.1, 0.15) is 23.0 Å². The number of anilines is 1. The fraction of sp³-hybridized carbons (Fsp3) is 0.278. The van der Waals surface area contributed by atoms with E-state index in [4.69, 9.17) is 4.74 Å². The highest BCUT2D eigenvalue weighted by molar-refractivity contribution is 6.00. The number of nitrogens with one attached hydrogen (secondary N) is 1. The zero-order valence-electron chi connectivity index (χ0n) is 14.7. The number of hydrogen-bond acceptors (Lipinski definition) is 7. The molecule has 1 amide bonds. The Morgan fingerprint density at radius 3 is 2.61 bits per heavy atom. The first-order valence-electron chi connectivity index (χ1n) is 8.16. The molecule has 8 nitrogen and oxygen atoms in total. The highest BCUT2D eigenvalue weighted by Gasteiger charge is 2.48. The van der Waals surface area contributed by atoms with Gasteiger partial charge in [-0.2, -0.15) is 0 Å². The Morgan fingerprint density at radius 2 is 1.89 bits per heavy atom. The van der Waals surface area contributed by atoms with Gasteiger partial charge in [0.15, 0.2) is 17.2 Å². The van der Waals surface area contributed by atoms with E-state index in [-0.39, 0.29) is 35.4 Å². The second kappa shape index (κ2) is 6.04. The summed E-state index contributed by atoms with van der Waals surface area (Å²) in [7, 11) is 1.22. The summed E-state index contributed by atoms with van der Waals surface area (Å²) in [5.41, 5.74) is -0.803. The second-order valence-electron chi connectivity index (χ2n) is 6.44. The number of rotatable bonds is 3. The van der Waals surface area contributed by atoms with Crippen LogP contribution < -0.4 is 19.5 Å². The van der Waals surface area contributed by atoms with Gasteiger partial charge in [-0.15, -0.1) is 8.78 Å². The fourth-order valence-electron chi connectivity index (χ4n) is 2.99. The van der Waals surface area contributed by atoms with Gasteiger partial charge in [0.05, 0.1) is 7.11 Å². The van der Waals surface area contributed by atoms with Crippen molar-refractivity contribution in [1.29, 1.82) is 0 Å². The molecule has 2 aliphatic heterocycles. The van der Waals surface area contributed by atoms with Crippen LogP contribution in [0, 0.1) is 0 Å². The number of hydrogen-bond donors (Lipinski definition) is 1. The first-order valence-corrected chi connectivity index (χ1v) is 8.16. The van der Waals surface area contributed by atoms with Gasteiger partial charge >= 0.3 is 12.3 Å². The third-order valence-corrected chi connectivity index (χ3v) is 4.50. The van der Waals surface area contributed by atoms with Gasteiger partial charge in [0.25, 0.3) is 0 Å². The highest BCUT2D eigenvalue weighted by atomic mass is 19.3. The van der Waals surface area contributed by atoms with Crippen molar-refractivity contribution in [2.75, 3.05) is 19.0 Å². The standard InChI is InChI=1S/C18H14F2N2O6/c1-17(16(24)22-14-5-3-4-10(21-14)15(23)25-2)8-26-11-7-13-12(6-9(11)17)27-18(19,20)28-13/h3-7H,8H2,1-2H3,(H,21,22,24). The molecule has 3 heterocycles. The number of carbonyl (C=O) groups excluding carboxylic acids is 2. The van der Waals surface area contributed by atoms with Gasteiger partial charge in [-0.1, -0.05) is 6.07 Å². The summed E-state index contributed by atoms with van der Waals surface area (Å²) < 4.78 is 45.5. The first kappa shape index (κ1) is 18.0. The Balaban J connectivity index is 1.61. The monoisotopic (exact) mass is 392 g/mol. The minimum Gasteiger partial charge on any atom is -0.492 e. The third-order valence-electron chi connectivity index (χ3n) is 4.50. The summed E-state index contributed by atoms with van der Waals surface area (Å²) >= 11 is 0. The molecule has 2 aromatic rings. The number of halogens is 2. The van der Waals surface area contributed by atoms with Crippen molar-refractivity contribution in [3.05, 3.63) is 41.6 Å². The van der Waals surface area contributed by atoms with Gasteiger partial charge in [-0.3, -0.25) is 4.79 Å². The Kier molecular flexibility index (Phi) is 3.88. The molecular formula is C18H14F2N2O6. The predicted octanol–water partition coefficient (Wildman–Crippen LogP) is 2.48. The van der Waals surface area contributed by atoms with E-state index in [1.807, 2.05) is 0 Å². The topological polar surface area (TPSA) is 96.0 Å². The molecule has 1 unspecified atom stereocenters. The number of nitrogens with zero attached hydrogens (tertiary/aromatic N) is 1. The van der Waals surface area contributed by atoms with Gasteiger partial charge in [-0.05, 0) is 25.1 Å². The number of aromatic nitrogens is 1. The van der Waals surface area contributed by atoms with Gasteiger partial charge < -0.3 is 24.3 Å². The molecule has 1 N–H and O–H groups in total. The lowest BCUT2D eigenvalue weighted by atomic mass is 9.83. The molecule has 0 bridgehead atoms. The minimum absolute atomic E-state index is 0.0237. The molecule has 2 aliphatic rings. The average Bonchev–Trinajstić information content (AvgIpc) is 3.14. The fourth-order valence-corrected chi connectivity index (χ4v) is 2.99. The molecule has 0 saturated carbocycles. The molecule has 1 aromatic carbocycles. The van der Waals surface area contributed by atoms with Crippen LogP contribution >= 0.6 is 0 Å². The quantitative estimate of drug-likeness (QED) is 0.802. The smallest absolute Gasteiger partial charge is 0.492 e. The number of alkyl halides is 2. The Labute approximate surface area is 157 Å². The van der Waals surface area contributed by atoms with E-state index in [1.165, 1.54) is 37.4 Å². The largest absolute Gasteiger partial charge is 0.586 e. The van der Waals surface area contributed by atoms with Crippen LogP contribution in [0.4, 0.5) is 14.6 Å². The molecule has 0 fully saturated rings. The van der Waals surface area contributed by atoms with Crippen molar-refractivity contribution in [3.63, 3.8) is 0 Å². The normalized spacial score (nSPS) is 20.9. The van der Waals surface area contributed by atoms with Crippen LogP contribution in [-0.2, 0) is 14.9 Å². The van der Waals surface area contributed by atoms with E-state index in [2.05, 4.69) is 24.5 Å². The number of pyridine rings is 1. The van der Waals surface area contributed by atoms with Gasteiger partial charge in [0, 0.05) is 11.6 Å². The van der Waals surface area contributed by atoms with Crippen LogP contribution in [0.25, 0.3) is 0 Å². The maximum Gasteiger partial charge on any atom is 0.586 e. The molecule has 10 heteroatoms. The third kappa shape index (κ3) is 2.86. The SMILES string of the molecule is COC(=O)c1cccc(NC(=O)C2(C)COc3cc4c(cc32)OC(F)(F)O4)n1. The lowest BCUT2D eigenvalue weighted by Gasteiger charge is -2.21. The van der Waals surface area contributed by atoms with Crippen molar-refractivity contribution >= 4 is 17.7 Å². The average molecular weight is 392 g/mol. The van der Waals surface area contributed by atoms with E-state index >= 15 is 0 Å². The summed E-state index contributed by atoms with van der Waals surface area (Å²) in [5, 5.41) is 2.61. The summed E-state index contributed by atoms with van der Waals surface area (Å²) in [5.74, 6) is -1.11. The zero-order valence-corrected chi connectivity index (χ0v) is 14.7. The van der Waals surface area contributed by atoms with Gasteiger partial charge in [-0.25, -0.2) is 9.78 Å². The number of ether oxygens (including phenoxy) is 4. The van der Waals surface area contributed by atoms with Crippen molar-refractivity contribution in [2.24, 2.45) is 0 Å². The van der Waals surface area contributed by atoms with E-state index in [0.717, 1.165) is 0 Å². The molecule has 0 saturated heterocycles. The second-order valence-corrected chi connectivity index (χ2v) is 6.44. The highest BCUT2D eigenvalue weighted by Crippen LogP contribution is 2.49. The van der Waals surface area contributed by atoms with E-state index in [1.54, 1.807) is 6.92 Å². The van der Waals surface area contributed by atoms with Gasteiger partial charge in [0.2, 0.25) is 5.91 Å². The molecule has 0 spiro atoms. The summed E-state index contributed by atoms with van der Waals surface area (Å²) in [6.07, 6.45) is -3.77.